The Morgan fingerprint density at radius 2 is 1.94 bits per heavy atom. The van der Waals surface area contributed by atoms with Gasteiger partial charge in [0.1, 0.15) is 5.82 Å². The van der Waals surface area contributed by atoms with Crippen LogP contribution in [-0.2, 0) is 6.54 Å². The second-order valence-corrected chi connectivity index (χ2v) is 4.45. The Hall–Kier alpha value is -2.16. The van der Waals surface area contributed by atoms with Crippen LogP contribution in [0, 0.1) is 0 Å². The van der Waals surface area contributed by atoms with Crippen molar-refractivity contribution in [3.63, 3.8) is 0 Å². The maximum absolute atomic E-state index is 11.8. The van der Waals surface area contributed by atoms with E-state index in [0.717, 1.165) is 24.5 Å². The average molecular weight is 238 g/mol. The van der Waals surface area contributed by atoms with E-state index in [-0.39, 0.29) is 5.78 Å². The maximum atomic E-state index is 11.8. The molecule has 3 rings (SSSR count). The van der Waals surface area contributed by atoms with Crippen molar-refractivity contribution in [3.05, 3.63) is 59.8 Å². The fourth-order valence-corrected chi connectivity index (χ4v) is 2.30. The second kappa shape index (κ2) is 4.61. The van der Waals surface area contributed by atoms with Gasteiger partial charge in [-0.25, -0.2) is 4.98 Å². The molecule has 0 saturated heterocycles. The Bertz CT molecular complexity index is 566. The average Bonchev–Trinajstić information content (AvgIpc) is 2.44. The lowest BCUT2D eigenvalue weighted by Gasteiger charge is -2.29. The molecule has 0 fully saturated rings. The lowest BCUT2D eigenvalue weighted by atomic mass is 10.0. The molecule has 1 aromatic carbocycles. The summed E-state index contributed by atoms with van der Waals surface area (Å²) < 4.78 is 0. The number of Topliss-reactive ketones (excluding diaryl/α,β-unsaturated/α-hetero) is 1. The fraction of sp³-hybridized carbons (Fsp3) is 0.200. The lowest BCUT2D eigenvalue weighted by Crippen LogP contribution is -2.32. The van der Waals surface area contributed by atoms with Crippen LogP contribution in [0.2, 0.25) is 0 Å². The first kappa shape index (κ1) is 11.0. The van der Waals surface area contributed by atoms with Gasteiger partial charge in [0, 0.05) is 25.7 Å². The van der Waals surface area contributed by atoms with Crippen molar-refractivity contribution < 1.29 is 4.79 Å². The zero-order chi connectivity index (χ0) is 12.4. The second-order valence-electron chi connectivity index (χ2n) is 4.45. The normalized spacial score (nSPS) is 14.4. The van der Waals surface area contributed by atoms with E-state index in [1.807, 2.05) is 30.3 Å². The quantitative estimate of drug-likeness (QED) is 0.806. The molecule has 90 valence electrons. The van der Waals surface area contributed by atoms with E-state index in [9.17, 15) is 4.79 Å². The number of anilines is 1. The Balaban J connectivity index is 1.91. The van der Waals surface area contributed by atoms with Gasteiger partial charge in [0.15, 0.2) is 5.78 Å². The van der Waals surface area contributed by atoms with E-state index >= 15 is 0 Å². The third-order valence-electron chi connectivity index (χ3n) is 3.21. The van der Waals surface area contributed by atoms with Crippen LogP contribution in [0.3, 0.4) is 0 Å². The molecule has 3 nitrogen and oxygen atoms in total. The Labute approximate surface area is 106 Å². The first-order valence-corrected chi connectivity index (χ1v) is 6.12. The minimum Gasteiger partial charge on any atom is -0.351 e. The molecule has 1 aromatic heterocycles. The number of nitrogens with zero attached hydrogens (tertiary/aromatic N) is 2. The number of aromatic nitrogens is 1. The van der Waals surface area contributed by atoms with Crippen molar-refractivity contribution in [2.75, 3.05) is 11.4 Å². The summed E-state index contributed by atoms with van der Waals surface area (Å²) in [5, 5.41) is 0. The van der Waals surface area contributed by atoms with E-state index in [2.05, 4.69) is 22.0 Å². The van der Waals surface area contributed by atoms with Crippen LogP contribution in [0.1, 0.15) is 22.3 Å². The summed E-state index contributed by atoms with van der Waals surface area (Å²) in [5.41, 5.74) is 1.99. The van der Waals surface area contributed by atoms with E-state index < -0.39 is 0 Å². The third-order valence-corrected chi connectivity index (χ3v) is 3.21. The zero-order valence-corrected chi connectivity index (χ0v) is 10.0. The highest BCUT2D eigenvalue weighted by atomic mass is 16.1. The van der Waals surface area contributed by atoms with Gasteiger partial charge in [-0.05, 0) is 17.7 Å². The van der Waals surface area contributed by atoms with Crippen LogP contribution in [0.4, 0.5) is 5.82 Å². The van der Waals surface area contributed by atoms with Crippen LogP contribution < -0.4 is 4.90 Å². The monoisotopic (exact) mass is 238 g/mol. The number of carbonyl (C=O) groups is 1. The van der Waals surface area contributed by atoms with Gasteiger partial charge in [-0.15, -0.1) is 0 Å². The predicted octanol–water partition coefficient (Wildman–Crippen LogP) is 2.67. The van der Waals surface area contributed by atoms with Crippen molar-refractivity contribution in [1.29, 1.82) is 0 Å². The number of carbonyl (C=O) groups excluding carboxylic acids is 1. The summed E-state index contributed by atoms with van der Waals surface area (Å²) in [6, 6.07) is 14.0. The number of hydrogen-bond donors (Lipinski definition) is 0. The highest BCUT2D eigenvalue weighted by Crippen LogP contribution is 2.25. The first-order valence-electron chi connectivity index (χ1n) is 6.12. The highest BCUT2D eigenvalue weighted by molar-refractivity contribution is 6.02. The molecule has 0 N–H and O–H groups in total. The zero-order valence-electron chi connectivity index (χ0n) is 10.0. The molecule has 3 heteroatoms. The molecule has 1 aliphatic heterocycles. The summed E-state index contributed by atoms with van der Waals surface area (Å²) in [7, 11) is 0. The van der Waals surface area contributed by atoms with Gasteiger partial charge in [0.25, 0.3) is 0 Å². The van der Waals surface area contributed by atoms with Crippen molar-refractivity contribution in [1.82, 2.24) is 4.98 Å². The van der Waals surface area contributed by atoms with Crippen LogP contribution in [-0.4, -0.2) is 17.3 Å². The number of pyridine rings is 1. The standard InChI is InChI=1S/C15H14N2O/c18-14-8-10-17(11-12-5-2-1-3-6-12)15-13(14)7-4-9-16-15/h1-7,9H,8,10-11H2. The molecular weight excluding hydrogens is 224 g/mol. The molecule has 1 aliphatic rings. The molecule has 0 atom stereocenters. The molecule has 0 amide bonds. The van der Waals surface area contributed by atoms with Gasteiger partial charge in [-0.2, -0.15) is 0 Å². The summed E-state index contributed by atoms with van der Waals surface area (Å²) in [6.45, 7) is 1.55. The Morgan fingerprint density at radius 3 is 2.78 bits per heavy atom. The minimum atomic E-state index is 0.197. The third kappa shape index (κ3) is 1.99. The Kier molecular flexibility index (Phi) is 2.81. The number of hydrogen-bond acceptors (Lipinski definition) is 3. The van der Waals surface area contributed by atoms with Crippen LogP contribution >= 0.6 is 0 Å². The van der Waals surface area contributed by atoms with Gasteiger partial charge in [0.2, 0.25) is 0 Å². The van der Waals surface area contributed by atoms with Crippen LogP contribution in [0.5, 0.6) is 0 Å². The van der Waals surface area contributed by atoms with Crippen molar-refractivity contribution in [2.45, 2.75) is 13.0 Å². The minimum absolute atomic E-state index is 0.197. The topological polar surface area (TPSA) is 33.2 Å². The Morgan fingerprint density at radius 1 is 1.11 bits per heavy atom. The largest absolute Gasteiger partial charge is 0.351 e. The van der Waals surface area contributed by atoms with Gasteiger partial charge >= 0.3 is 0 Å². The summed E-state index contributed by atoms with van der Waals surface area (Å²) in [4.78, 5) is 18.3. The van der Waals surface area contributed by atoms with Crippen molar-refractivity contribution in [2.24, 2.45) is 0 Å². The molecule has 0 unspecified atom stereocenters. The summed E-state index contributed by atoms with van der Waals surface area (Å²) in [5.74, 6) is 1.01. The molecule has 0 radical (unpaired) electrons. The first-order chi connectivity index (χ1) is 8.84. The molecular formula is C15H14N2O. The summed E-state index contributed by atoms with van der Waals surface area (Å²) in [6.07, 6.45) is 2.32. The number of ketones is 1. The number of rotatable bonds is 2. The molecule has 2 heterocycles. The molecule has 2 aromatic rings. The predicted molar refractivity (Wildman–Crippen MR) is 70.7 cm³/mol. The number of fused-ring (bicyclic) bond motifs is 1. The highest BCUT2D eigenvalue weighted by Gasteiger charge is 2.23. The lowest BCUT2D eigenvalue weighted by molar-refractivity contribution is 0.0979. The molecule has 0 saturated carbocycles. The molecule has 18 heavy (non-hydrogen) atoms. The van der Waals surface area contributed by atoms with Gasteiger partial charge in [-0.1, -0.05) is 30.3 Å². The molecule has 0 bridgehead atoms. The molecule has 0 aliphatic carbocycles. The van der Waals surface area contributed by atoms with Crippen molar-refractivity contribution in [3.8, 4) is 0 Å². The van der Waals surface area contributed by atoms with E-state index in [1.54, 1.807) is 6.20 Å². The van der Waals surface area contributed by atoms with E-state index in [1.165, 1.54) is 5.56 Å². The van der Waals surface area contributed by atoms with Crippen LogP contribution in [0.25, 0.3) is 0 Å². The number of benzene rings is 1. The van der Waals surface area contributed by atoms with Gasteiger partial charge in [0.05, 0.1) is 5.56 Å². The smallest absolute Gasteiger partial charge is 0.168 e. The fourth-order valence-electron chi connectivity index (χ4n) is 2.30. The van der Waals surface area contributed by atoms with Crippen LogP contribution in [0.15, 0.2) is 48.7 Å². The van der Waals surface area contributed by atoms with Gasteiger partial charge < -0.3 is 4.90 Å². The summed E-state index contributed by atoms with van der Waals surface area (Å²) >= 11 is 0. The van der Waals surface area contributed by atoms with E-state index in [0.29, 0.717) is 6.42 Å². The van der Waals surface area contributed by atoms with Gasteiger partial charge in [-0.3, -0.25) is 4.79 Å². The maximum Gasteiger partial charge on any atom is 0.168 e. The van der Waals surface area contributed by atoms with Crippen molar-refractivity contribution >= 4 is 11.6 Å². The molecule has 0 spiro atoms. The van der Waals surface area contributed by atoms with E-state index in [4.69, 9.17) is 0 Å². The SMILES string of the molecule is O=C1CCN(Cc2ccccc2)c2ncccc21.